The highest BCUT2D eigenvalue weighted by molar-refractivity contribution is 5.84. The van der Waals surface area contributed by atoms with Crippen molar-refractivity contribution in [2.24, 2.45) is 0 Å². The summed E-state index contributed by atoms with van der Waals surface area (Å²) in [5.74, 6) is -1.12. The van der Waals surface area contributed by atoms with Crippen LogP contribution in [0.2, 0.25) is 0 Å². The van der Waals surface area contributed by atoms with E-state index in [1.165, 1.54) is 4.90 Å². The average Bonchev–Trinajstić information content (AvgIpc) is 3.19. The summed E-state index contributed by atoms with van der Waals surface area (Å²) >= 11 is 0. The Bertz CT molecular complexity index is 394. The van der Waals surface area contributed by atoms with Crippen molar-refractivity contribution < 1.29 is 19.5 Å². The number of rotatable bonds is 8. The molecule has 0 radical (unpaired) electrons. The molecule has 1 aliphatic carbocycles. The Hall–Kier alpha value is -1.79. The van der Waals surface area contributed by atoms with Crippen molar-refractivity contribution in [3.05, 3.63) is 0 Å². The summed E-state index contributed by atoms with van der Waals surface area (Å²) in [6.45, 7) is 6.15. The lowest BCUT2D eigenvalue weighted by Gasteiger charge is -2.29. The van der Waals surface area contributed by atoms with Gasteiger partial charge in [0, 0.05) is 25.2 Å². The van der Waals surface area contributed by atoms with E-state index in [9.17, 15) is 14.4 Å². The molecule has 7 nitrogen and oxygen atoms in total. The molecule has 1 saturated carbocycles. The van der Waals surface area contributed by atoms with Crippen LogP contribution in [-0.4, -0.2) is 64.5 Å². The zero-order valence-electron chi connectivity index (χ0n) is 13.0. The lowest BCUT2D eigenvalue weighted by Crippen LogP contribution is -2.49. The first-order valence-electron chi connectivity index (χ1n) is 7.41. The molecule has 0 aromatic carbocycles. The molecule has 21 heavy (non-hydrogen) atoms. The summed E-state index contributed by atoms with van der Waals surface area (Å²) in [6.07, 6.45) is 1.74. The van der Waals surface area contributed by atoms with Crippen LogP contribution in [0.4, 0.5) is 4.79 Å². The zero-order valence-corrected chi connectivity index (χ0v) is 13.0. The number of hydrogen-bond acceptors (Lipinski definition) is 3. The van der Waals surface area contributed by atoms with Crippen LogP contribution < -0.4 is 5.32 Å². The molecule has 0 heterocycles. The molecule has 7 heteroatoms. The van der Waals surface area contributed by atoms with Crippen molar-refractivity contribution >= 4 is 17.9 Å². The number of urea groups is 1. The molecule has 2 N–H and O–H groups in total. The predicted molar refractivity (Wildman–Crippen MR) is 77.9 cm³/mol. The number of aliphatic carboxylic acids is 1. The monoisotopic (exact) mass is 299 g/mol. The van der Waals surface area contributed by atoms with Crippen LogP contribution in [0.25, 0.3) is 0 Å². The minimum absolute atomic E-state index is 0.00377. The normalized spacial score (nSPS) is 13.9. The highest BCUT2D eigenvalue weighted by Gasteiger charge is 2.35. The number of carboxylic acid groups (broad SMARTS) is 1. The quantitative estimate of drug-likeness (QED) is 0.696. The van der Waals surface area contributed by atoms with Crippen LogP contribution in [-0.2, 0) is 9.59 Å². The maximum atomic E-state index is 12.5. The van der Waals surface area contributed by atoms with E-state index in [1.807, 2.05) is 20.8 Å². The second-order valence-electron chi connectivity index (χ2n) is 5.59. The first-order chi connectivity index (χ1) is 9.85. The van der Waals surface area contributed by atoms with Crippen LogP contribution in [0.3, 0.4) is 0 Å². The molecule has 0 aromatic heterocycles. The Morgan fingerprint density at radius 1 is 1.29 bits per heavy atom. The Morgan fingerprint density at radius 2 is 1.90 bits per heavy atom. The van der Waals surface area contributed by atoms with Gasteiger partial charge in [-0.15, -0.1) is 0 Å². The first kappa shape index (κ1) is 17.3. The summed E-state index contributed by atoms with van der Waals surface area (Å²) in [7, 11) is 0. The fourth-order valence-corrected chi connectivity index (χ4v) is 2.07. The van der Waals surface area contributed by atoms with Crippen molar-refractivity contribution in [2.75, 3.05) is 19.6 Å². The summed E-state index contributed by atoms with van der Waals surface area (Å²) < 4.78 is 0. The molecule has 0 aromatic rings. The van der Waals surface area contributed by atoms with Crippen LogP contribution in [0.5, 0.6) is 0 Å². The van der Waals surface area contributed by atoms with Crippen molar-refractivity contribution in [2.45, 2.75) is 52.1 Å². The van der Waals surface area contributed by atoms with E-state index in [1.54, 1.807) is 4.90 Å². The number of likely N-dealkylation sites (N-methyl/N-ethyl adjacent to an activating group) is 1. The lowest BCUT2D eigenvalue weighted by molar-refractivity contribution is -0.137. The van der Waals surface area contributed by atoms with Crippen molar-refractivity contribution in [3.8, 4) is 0 Å². The highest BCUT2D eigenvalue weighted by Crippen LogP contribution is 2.27. The minimum Gasteiger partial charge on any atom is -0.481 e. The number of nitrogens with one attached hydrogen (secondary N) is 1. The molecule has 1 rings (SSSR count). The van der Waals surface area contributed by atoms with Crippen LogP contribution in [0.1, 0.15) is 40.0 Å². The minimum atomic E-state index is -0.922. The van der Waals surface area contributed by atoms with Gasteiger partial charge >= 0.3 is 12.0 Å². The summed E-state index contributed by atoms with van der Waals surface area (Å²) in [5.41, 5.74) is 0. The molecule has 1 fully saturated rings. The summed E-state index contributed by atoms with van der Waals surface area (Å²) in [6, 6.07) is -0.0999. The zero-order chi connectivity index (χ0) is 16.0. The molecule has 1 aliphatic rings. The molecule has 3 amide bonds. The topological polar surface area (TPSA) is 90.0 Å². The van der Waals surface area contributed by atoms with E-state index >= 15 is 0 Å². The number of hydrogen-bond donors (Lipinski definition) is 2. The molecule has 0 aliphatic heterocycles. The third kappa shape index (κ3) is 6.01. The van der Waals surface area contributed by atoms with Gasteiger partial charge in [0.15, 0.2) is 0 Å². The largest absolute Gasteiger partial charge is 0.481 e. The predicted octanol–water partition coefficient (Wildman–Crippen LogP) is 0.892. The molecular formula is C14H25N3O4. The van der Waals surface area contributed by atoms with Crippen LogP contribution in [0.15, 0.2) is 0 Å². The summed E-state index contributed by atoms with van der Waals surface area (Å²) in [5, 5.41) is 11.5. The molecule has 120 valence electrons. The van der Waals surface area contributed by atoms with E-state index in [2.05, 4.69) is 5.32 Å². The van der Waals surface area contributed by atoms with Crippen LogP contribution in [0, 0.1) is 0 Å². The van der Waals surface area contributed by atoms with E-state index in [0.29, 0.717) is 6.54 Å². The van der Waals surface area contributed by atoms with Gasteiger partial charge in [0.2, 0.25) is 5.91 Å². The number of carboxylic acids is 1. The SMILES string of the molecule is CCN(CC(=O)NC(C)C)C(=O)N(CCC(=O)O)C1CC1. The van der Waals surface area contributed by atoms with Crippen LogP contribution >= 0.6 is 0 Å². The number of carbonyl (C=O) groups excluding carboxylic acids is 2. The maximum Gasteiger partial charge on any atom is 0.320 e. The molecule has 0 unspecified atom stereocenters. The van der Waals surface area contributed by atoms with Gasteiger partial charge < -0.3 is 20.2 Å². The molecule has 0 saturated heterocycles. The van der Waals surface area contributed by atoms with E-state index in [0.717, 1.165) is 12.8 Å². The van der Waals surface area contributed by atoms with Gasteiger partial charge in [0.05, 0.1) is 6.42 Å². The van der Waals surface area contributed by atoms with Crippen molar-refractivity contribution in [3.63, 3.8) is 0 Å². The highest BCUT2D eigenvalue weighted by atomic mass is 16.4. The van der Waals surface area contributed by atoms with Gasteiger partial charge in [-0.1, -0.05) is 0 Å². The smallest absolute Gasteiger partial charge is 0.320 e. The van der Waals surface area contributed by atoms with Gasteiger partial charge in [-0.25, -0.2) is 4.79 Å². The standard InChI is InChI=1S/C14H25N3O4/c1-4-16(9-12(18)15-10(2)3)14(21)17(11-5-6-11)8-7-13(19)20/h10-11H,4-9H2,1-3H3,(H,15,18)(H,19,20). The van der Waals surface area contributed by atoms with Gasteiger partial charge in [0.25, 0.3) is 0 Å². The van der Waals surface area contributed by atoms with E-state index < -0.39 is 5.97 Å². The Balaban J connectivity index is 2.61. The molecule has 0 bridgehead atoms. The lowest BCUT2D eigenvalue weighted by atomic mass is 10.3. The Labute approximate surface area is 125 Å². The van der Waals surface area contributed by atoms with E-state index in [4.69, 9.17) is 5.11 Å². The number of carbonyl (C=O) groups is 3. The Kier molecular flexibility index (Phi) is 6.45. The molecule has 0 atom stereocenters. The third-order valence-corrected chi connectivity index (χ3v) is 3.24. The molecule has 0 spiro atoms. The second kappa shape index (κ2) is 7.85. The molecular weight excluding hydrogens is 274 g/mol. The van der Waals surface area contributed by atoms with Gasteiger partial charge in [-0.2, -0.15) is 0 Å². The third-order valence-electron chi connectivity index (χ3n) is 3.24. The van der Waals surface area contributed by atoms with Gasteiger partial charge in [-0.3, -0.25) is 9.59 Å². The van der Waals surface area contributed by atoms with Gasteiger partial charge in [-0.05, 0) is 33.6 Å². The van der Waals surface area contributed by atoms with E-state index in [-0.39, 0.29) is 43.5 Å². The van der Waals surface area contributed by atoms with Crippen molar-refractivity contribution in [1.29, 1.82) is 0 Å². The fraction of sp³-hybridized carbons (Fsp3) is 0.786. The van der Waals surface area contributed by atoms with Gasteiger partial charge in [0.1, 0.15) is 6.54 Å². The number of nitrogens with zero attached hydrogens (tertiary/aromatic N) is 2. The first-order valence-corrected chi connectivity index (χ1v) is 7.41. The second-order valence-corrected chi connectivity index (χ2v) is 5.59. The maximum absolute atomic E-state index is 12.5. The number of amides is 3. The van der Waals surface area contributed by atoms with Crippen molar-refractivity contribution in [1.82, 2.24) is 15.1 Å². The summed E-state index contributed by atoms with van der Waals surface area (Å²) in [4.78, 5) is 38.0. The Morgan fingerprint density at radius 3 is 2.33 bits per heavy atom. The average molecular weight is 299 g/mol. The fourth-order valence-electron chi connectivity index (χ4n) is 2.07.